The molecule has 1 nitrogen and oxygen atoms in total. The molecule has 0 aliphatic carbocycles. The minimum atomic E-state index is 0.788. The Kier molecular flexibility index (Phi) is 3.08. The fourth-order valence-electron chi connectivity index (χ4n) is 2.41. The highest BCUT2D eigenvalue weighted by atomic mass is 35.5. The lowest BCUT2D eigenvalue weighted by atomic mass is 10.1. The van der Waals surface area contributed by atoms with Crippen LogP contribution in [0.5, 0.6) is 0 Å². The van der Waals surface area contributed by atoms with E-state index in [1.165, 1.54) is 27.6 Å². The number of benzene rings is 2. The topological polar surface area (TPSA) is 4.93 Å². The van der Waals surface area contributed by atoms with Crippen LogP contribution in [0.3, 0.4) is 0 Å². The lowest BCUT2D eigenvalue weighted by molar-refractivity contribution is 0.835. The van der Waals surface area contributed by atoms with Crippen molar-refractivity contribution < 1.29 is 0 Å². The first-order chi connectivity index (χ1) is 9.13. The fourth-order valence-corrected chi connectivity index (χ4v) is 2.59. The summed E-state index contributed by atoms with van der Waals surface area (Å²) in [7, 11) is 0. The molecular formula is C17H16ClN. The van der Waals surface area contributed by atoms with Gasteiger partial charge in [-0.2, -0.15) is 0 Å². The van der Waals surface area contributed by atoms with E-state index in [2.05, 4.69) is 54.9 Å². The molecule has 0 aliphatic heterocycles. The van der Waals surface area contributed by atoms with E-state index in [1.54, 1.807) is 0 Å². The van der Waals surface area contributed by atoms with Gasteiger partial charge in [0.15, 0.2) is 0 Å². The molecule has 0 saturated carbocycles. The van der Waals surface area contributed by atoms with Crippen molar-refractivity contribution >= 4 is 22.5 Å². The molecule has 0 amide bonds. The first-order valence-electron chi connectivity index (χ1n) is 6.44. The number of aryl methyl sites for hydroxylation is 2. The van der Waals surface area contributed by atoms with Crippen molar-refractivity contribution in [2.75, 3.05) is 0 Å². The first kappa shape index (κ1) is 12.3. The summed E-state index contributed by atoms with van der Waals surface area (Å²) in [5.74, 6) is 0. The van der Waals surface area contributed by atoms with Crippen molar-refractivity contribution in [1.82, 2.24) is 4.57 Å². The van der Waals surface area contributed by atoms with E-state index in [4.69, 9.17) is 11.6 Å². The smallest absolute Gasteiger partial charge is 0.0484 e. The summed E-state index contributed by atoms with van der Waals surface area (Å²) in [6.45, 7) is 5.20. The van der Waals surface area contributed by atoms with Gasteiger partial charge < -0.3 is 4.57 Å². The monoisotopic (exact) mass is 269 g/mol. The standard InChI is InChI=1S/C17H16ClN/c1-12-3-4-14(9-13(12)2)11-19-8-7-15-10-16(18)5-6-17(15)19/h3-10H,11H2,1-2H3. The molecule has 1 aromatic heterocycles. The SMILES string of the molecule is Cc1ccc(Cn2ccc3cc(Cl)ccc32)cc1C. The zero-order chi connectivity index (χ0) is 13.4. The molecular weight excluding hydrogens is 254 g/mol. The second kappa shape index (κ2) is 4.75. The molecule has 0 radical (unpaired) electrons. The summed E-state index contributed by atoms with van der Waals surface area (Å²) >= 11 is 6.02. The predicted octanol–water partition coefficient (Wildman–Crippen LogP) is 4.96. The molecule has 19 heavy (non-hydrogen) atoms. The molecule has 0 unspecified atom stereocenters. The van der Waals surface area contributed by atoms with Gasteiger partial charge in [0, 0.05) is 28.7 Å². The van der Waals surface area contributed by atoms with Gasteiger partial charge in [0.05, 0.1) is 0 Å². The van der Waals surface area contributed by atoms with Crippen molar-refractivity contribution in [3.05, 3.63) is 70.4 Å². The van der Waals surface area contributed by atoms with Crippen LogP contribution in [0.2, 0.25) is 5.02 Å². The van der Waals surface area contributed by atoms with Gasteiger partial charge in [-0.15, -0.1) is 0 Å². The molecule has 2 aromatic carbocycles. The van der Waals surface area contributed by atoms with E-state index in [1.807, 2.05) is 12.1 Å². The van der Waals surface area contributed by atoms with E-state index in [0.717, 1.165) is 11.6 Å². The molecule has 0 fully saturated rings. The zero-order valence-corrected chi connectivity index (χ0v) is 11.9. The van der Waals surface area contributed by atoms with E-state index >= 15 is 0 Å². The molecule has 0 N–H and O–H groups in total. The number of nitrogens with zero attached hydrogens (tertiary/aromatic N) is 1. The molecule has 0 saturated heterocycles. The minimum absolute atomic E-state index is 0.788. The Morgan fingerprint density at radius 3 is 2.58 bits per heavy atom. The Morgan fingerprint density at radius 2 is 1.79 bits per heavy atom. The molecule has 2 heteroatoms. The third-order valence-electron chi connectivity index (χ3n) is 3.66. The summed E-state index contributed by atoms with van der Waals surface area (Å²) in [4.78, 5) is 0. The average molecular weight is 270 g/mol. The van der Waals surface area contributed by atoms with Gasteiger partial charge in [0.25, 0.3) is 0 Å². The molecule has 3 aromatic rings. The third-order valence-corrected chi connectivity index (χ3v) is 3.89. The largest absolute Gasteiger partial charge is 0.343 e. The lowest BCUT2D eigenvalue weighted by Crippen LogP contribution is -1.98. The normalized spacial score (nSPS) is 11.1. The van der Waals surface area contributed by atoms with Crippen LogP contribution in [0, 0.1) is 13.8 Å². The number of aromatic nitrogens is 1. The van der Waals surface area contributed by atoms with Crippen molar-refractivity contribution in [2.45, 2.75) is 20.4 Å². The summed E-state index contributed by atoms with van der Waals surface area (Å²) in [6, 6.07) is 14.8. The summed E-state index contributed by atoms with van der Waals surface area (Å²) < 4.78 is 2.26. The maximum absolute atomic E-state index is 6.02. The van der Waals surface area contributed by atoms with Gasteiger partial charge in [-0.25, -0.2) is 0 Å². The summed E-state index contributed by atoms with van der Waals surface area (Å²) in [5, 5.41) is 1.98. The van der Waals surface area contributed by atoms with Crippen molar-refractivity contribution in [2.24, 2.45) is 0 Å². The van der Waals surface area contributed by atoms with Gasteiger partial charge >= 0.3 is 0 Å². The number of rotatable bonds is 2. The summed E-state index contributed by atoms with van der Waals surface area (Å²) in [6.07, 6.45) is 2.12. The molecule has 0 atom stereocenters. The van der Waals surface area contributed by atoms with Crippen LogP contribution in [0.1, 0.15) is 16.7 Å². The van der Waals surface area contributed by atoms with Crippen LogP contribution < -0.4 is 0 Å². The van der Waals surface area contributed by atoms with E-state index in [-0.39, 0.29) is 0 Å². The molecule has 96 valence electrons. The minimum Gasteiger partial charge on any atom is -0.343 e. The van der Waals surface area contributed by atoms with Gasteiger partial charge in [-0.3, -0.25) is 0 Å². The van der Waals surface area contributed by atoms with Crippen molar-refractivity contribution in [3.63, 3.8) is 0 Å². The molecule has 0 aliphatic rings. The van der Waals surface area contributed by atoms with Crippen LogP contribution in [0.15, 0.2) is 48.7 Å². The van der Waals surface area contributed by atoms with E-state index in [0.29, 0.717) is 0 Å². The van der Waals surface area contributed by atoms with Gasteiger partial charge in [0.1, 0.15) is 0 Å². The second-order valence-corrected chi connectivity index (χ2v) is 5.50. The Bertz CT molecular complexity index is 740. The number of hydrogen-bond acceptors (Lipinski definition) is 0. The highest BCUT2D eigenvalue weighted by molar-refractivity contribution is 6.31. The Balaban J connectivity index is 1.98. The summed E-state index contributed by atoms with van der Waals surface area (Å²) in [5.41, 5.74) is 5.24. The number of halogens is 1. The number of fused-ring (bicyclic) bond motifs is 1. The predicted molar refractivity (Wildman–Crippen MR) is 82.0 cm³/mol. The maximum atomic E-state index is 6.02. The third kappa shape index (κ3) is 2.39. The van der Waals surface area contributed by atoms with Crippen LogP contribution in [0.25, 0.3) is 10.9 Å². The van der Waals surface area contributed by atoms with E-state index < -0.39 is 0 Å². The Hall–Kier alpha value is -1.73. The zero-order valence-electron chi connectivity index (χ0n) is 11.2. The Morgan fingerprint density at radius 1 is 0.947 bits per heavy atom. The van der Waals surface area contributed by atoms with Crippen molar-refractivity contribution in [1.29, 1.82) is 0 Å². The first-order valence-corrected chi connectivity index (χ1v) is 6.82. The van der Waals surface area contributed by atoms with E-state index in [9.17, 15) is 0 Å². The van der Waals surface area contributed by atoms with Crippen molar-refractivity contribution in [3.8, 4) is 0 Å². The average Bonchev–Trinajstić information content (AvgIpc) is 2.76. The molecule has 1 heterocycles. The highest BCUT2D eigenvalue weighted by Gasteiger charge is 2.03. The van der Waals surface area contributed by atoms with Gasteiger partial charge in [0.2, 0.25) is 0 Å². The Labute approximate surface area is 118 Å². The maximum Gasteiger partial charge on any atom is 0.0484 e. The van der Waals surface area contributed by atoms with Gasteiger partial charge in [-0.1, -0.05) is 29.8 Å². The van der Waals surface area contributed by atoms with Gasteiger partial charge in [-0.05, 0) is 54.8 Å². The lowest BCUT2D eigenvalue weighted by Gasteiger charge is -2.08. The van der Waals surface area contributed by atoms with Crippen LogP contribution >= 0.6 is 11.6 Å². The second-order valence-electron chi connectivity index (χ2n) is 5.07. The molecule has 0 spiro atoms. The van der Waals surface area contributed by atoms with Crippen LogP contribution in [-0.2, 0) is 6.54 Å². The molecule has 0 bridgehead atoms. The highest BCUT2D eigenvalue weighted by Crippen LogP contribution is 2.21. The fraction of sp³-hybridized carbons (Fsp3) is 0.176. The quantitative estimate of drug-likeness (QED) is 0.620. The van der Waals surface area contributed by atoms with Crippen LogP contribution in [-0.4, -0.2) is 4.57 Å². The van der Waals surface area contributed by atoms with Crippen LogP contribution in [0.4, 0.5) is 0 Å². The number of hydrogen-bond donors (Lipinski definition) is 0. The molecule has 3 rings (SSSR count).